The van der Waals surface area contributed by atoms with Crippen LogP contribution in [-0.4, -0.2) is 16.2 Å². The van der Waals surface area contributed by atoms with Crippen molar-refractivity contribution in [3.63, 3.8) is 0 Å². The summed E-state index contributed by atoms with van der Waals surface area (Å²) in [5.74, 6) is 1.56. The van der Waals surface area contributed by atoms with E-state index in [1.807, 2.05) is 6.20 Å². The lowest BCUT2D eigenvalue weighted by Gasteiger charge is -2.35. The van der Waals surface area contributed by atoms with E-state index in [1.165, 1.54) is 36.8 Å². The molecule has 3 rings (SSSR count). The van der Waals surface area contributed by atoms with Crippen LogP contribution in [0.25, 0.3) is 10.9 Å². The van der Waals surface area contributed by atoms with Gasteiger partial charge in [-0.05, 0) is 42.9 Å². The van der Waals surface area contributed by atoms with E-state index < -0.39 is 0 Å². The van der Waals surface area contributed by atoms with Crippen LogP contribution in [0, 0.1) is 11.8 Å². The summed E-state index contributed by atoms with van der Waals surface area (Å²) in [6.07, 6.45) is 7.30. The van der Waals surface area contributed by atoms with Crippen LogP contribution >= 0.6 is 0 Å². The maximum absolute atomic E-state index is 4.08. The van der Waals surface area contributed by atoms with E-state index in [0.717, 1.165) is 17.4 Å². The summed E-state index contributed by atoms with van der Waals surface area (Å²) < 4.78 is 0. The lowest BCUT2D eigenvalue weighted by molar-refractivity contribution is 0.254. The largest absolute Gasteiger partial charge is 0.382 e. The van der Waals surface area contributed by atoms with Gasteiger partial charge in [0, 0.05) is 17.1 Å². The average molecular weight is 257 g/mol. The number of benzene rings is 1. The van der Waals surface area contributed by atoms with Crippen LogP contribution in [0.1, 0.15) is 39.5 Å². The Balaban J connectivity index is 1.78. The molecule has 1 fully saturated rings. The zero-order chi connectivity index (χ0) is 13.2. The van der Waals surface area contributed by atoms with Crippen molar-refractivity contribution in [2.75, 3.05) is 5.32 Å². The lowest BCUT2D eigenvalue weighted by atomic mass is 9.78. The van der Waals surface area contributed by atoms with E-state index in [2.05, 4.69) is 47.6 Å². The minimum atomic E-state index is 0.623. The number of H-pyrrole nitrogens is 1. The van der Waals surface area contributed by atoms with Gasteiger partial charge in [0.2, 0.25) is 0 Å². The molecule has 3 nitrogen and oxygen atoms in total. The second-order valence-corrected chi connectivity index (χ2v) is 6.12. The van der Waals surface area contributed by atoms with Crippen LogP contribution in [0.3, 0.4) is 0 Å². The van der Waals surface area contributed by atoms with E-state index in [4.69, 9.17) is 0 Å². The molecule has 2 unspecified atom stereocenters. The topological polar surface area (TPSA) is 40.7 Å². The van der Waals surface area contributed by atoms with Gasteiger partial charge in [0.05, 0.1) is 11.7 Å². The molecule has 0 amide bonds. The number of anilines is 1. The third kappa shape index (κ3) is 2.60. The van der Waals surface area contributed by atoms with E-state index in [9.17, 15) is 0 Å². The second kappa shape index (κ2) is 5.24. The normalized spacial score (nSPS) is 23.9. The predicted octanol–water partition coefficient (Wildman–Crippen LogP) is 4.19. The van der Waals surface area contributed by atoms with E-state index in [-0.39, 0.29) is 0 Å². The molecule has 2 aromatic rings. The molecule has 1 heterocycles. The van der Waals surface area contributed by atoms with Gasteiger partial charge in [-0.1, -0.05) is 26.7 Å². The summed E-state index contributed by atoms with van der Waals surface area (Å²) in [6.45, 7) is 4.70. The summed E-state index contributed by atoms with van der Waals surface area (Å²) in [5.41, 5.74) is 2.33. The first-order chi connectivity index (χ1) is 9.24. The number of hydrogen-bond acceptors (Lipinski definition) is 2. The highest BCUT2D eigenvalue weighted by atomic mass is 15.1. The summed E-state index contributed by atoms with van der Waals surface area (Å²) in [6, 6.07) is 7.09. The molecule has 0 aliphatic heterocycles. The highest BCUT2D eigenvalue weighted by molar-refractivity contribution is 5.81. The number of nitrogens with zero attached hydrogens (tertiary/aromatic N) is 1. The molecule has 0 radical (unpaired) electrons. The van der Waals surface area contributed by atoms with E-state index in [1.54, 1.807) is 0 Å². The Morgan fingerprint density at radius 2 is 2.11 bits per heavy atom. The zero-order valence-corrected chi connectivity index (χ0v) is 11.8. The molecule has 2 atom stereocenters. The van der Waals surface area contributed by atoms with Gasteiger partial charge in [0.25, 0.3) is 0 Å². The quantitative estimate of drug-likeness (QED) is 0.865. The van der Waals surface area contributed by atoms with Gasteiger partial charge >= 0.3 is 0 Å². The molecule has 1 aliphatic carbocycles. The third-order valence-corrected chi connectivity index (χ3v) is 4.47. The number of aromatic amines is 1. The molecule has 0 spiro atoms. The SMILES string of the molecule is CC(C)C1CCCCC1Nc1ccc2[nH]ncc2c1. The van der Waals surface area contributed by atoms with E-state index in [0.29, 0.717) is 6.04 Å². The Kier molecular flexibility index (Phi) is 3.45. The van der Waals surface area contributed by atoms with Crippen molar-refractivity contribution in [1.82, 2.24) is 10.2 Å². The van der Waals surface area contributed by atoms with Crippen LogP contribution in [0.5, 0.6) is 0 Å². The molecule has 102 valence electrons. The molecule has 1 aromatic carbocycles. The minimum Gasteiger partial charge on any atom is -0.382 e. The number of rotatable bonds is 3. The molecule has 2 N–H and O–H groups in total. The van der Waals surface area contributed by atoms with Crippen LogP contribution in [0.4, 0.5) is 5.69 Å². The predicted molar refractivity (Wildman–Crippen MR) is 80.3 cm³/mol. The van der Waals surface area contributed by atoms with Gasteiger partial charge in [-0.3, -0.25) is 5.10 Å². The standard InChI is InChI=1S/C16H23N3/c1-11(2)14-5-3-4-6-16(14)18-13-7-8-15-12(9-13)10-17-19-15/h7-11,14,16,18H,3-6H2,1-2H3,(H,17,19). The van der Waals surface area contributed by atoms with Crippen molar-refractivity contribution in [3.05, 3.63) is 24.4 Å². The first-order valence-corrected chi connectivity index (χ1v) is 7.44. The van der Waals surface area contributed by atoms with Gasteiger partial charge in [0.1, 0.15) is 0 Å². The summed E-state index contributed by atoms with van der Waals surface area (Å²) in [4.78, 5) is 0. The van der Waals surface area contributed by atoms with Crippen LogP contribution in [0.15, 0.2) is 24.4 Å². The van der Waals surface area contributed by atoms with Crippen molar-refractivity contribution in [1.29, 1.82) is 0 Å². The van der Waals surface area contributed by atoms with Gasteiger partial charge in [-0.15, -0.1) is 0 Å². The maximum Gasteiger partial charge on any atom is 0.0651 e. The van der Waals surface area contributed by atoms with Crippen molar-refractivity contribution in [3.8, 4) is 0 Å². The Labute approximate surface area is 114 Å². The molecular formula is C16H23N3. The Hall–Kier alpha value is -1.51. The number of aromatic nitrogens is 2. The molecular weight excluding hydrogens is 234 g/mol. The van der Waals surface area contributed by atoms with Gasteiger partial charge < -0.3 is 5.32 Å². The maximum atomic E-state index is 4.08. The first-order valence-electron chi connectivity index (χ1n) is 7.44. The smallest absolute Gasteiger partial charge is 0.0651 e. The van der Waals surface area contributed by atoms with Gasteiger partial charge in [-0.25, -0.2) is 0 Å². The fourth-order valence-corrected chi connectivity index (χ4v) is 3.38. The molecule has 0 bridgehead atoms. The minimum absolute atomic E-state index is 0.623. The van der Waals surface area contributed by atoms with Crippen LogP contribution in [-0.2, 0) is 0 Å². The van der Waals surface area contributed by atoms with Crippen LogP contribution < -0.4 is 5.32 Å². The van der Waals surface area contributed by atoms with Crippen molar-refractivity contribution >= 4 is 16.6 Å². The molecule has 1 aromatic heterocycles. The fraction of sp³-hybridized carbons (Fsp3) is 0.562. The Bertz CT molecular complexity index is 544. The summed E-state index contributed by atoms with van der Waals surface area (Å²) in [7, 11) is 0. The fourth-order valence-electron chi connectivity index (χ4n) is 3.38. The zero-order valence-electron chi connectivity index (χ0n) is 11.8. The summed E-state index contributed by atoms with van der Waals surface area (Å²) >= 11 is 0. The molecule has 0 saturated heterocycles. The van der Waals surface area contributed by atoms with Crippen LogP contribution in [0.2, 0.25) is 0 Å². The third-order valence-electron chi connectivity index (χ3n) is 4.47. The average Bonchev–Trinajstić information content (AvgIpc) is 2.86. The Morgan fingerprint density at radius 3 is 2.95 bits per heavy atom. The van der Waals surface area contributed by atoms with Crippen molar-refractivity contribution in [2.45, 2.75) is 45.6 Å². The van der Waals surface area contributed by atoms with Crippen molar-refractivity contribution < 1.29 is 0 Å². The molecule has 1 aliphatic rings. The monoisotopic (exact) mass is 257 g/mol. The van der Waals surface area contributed by atoms with Crippen molar-refractivity contribution in [2.24, 2.45) is 11.8 Å². The highest BCUT2D eigenvalue weighted by Gasteiger charge is 2.27. The second-order valence-electron chi connectivity index (χ2n) is 6.12. The Morgan fingerprint density at radius 1 is 1.26 bits per heavy atom. The van der Waals surface area contributed by atoms with Gasteiger partial charge in [0.15, 0.2) is 0 Å². The number of nitrogens with one attached hydrogen (secondary N) is 2. The molecule has 1 saturated carbocycles. The molecule has 19 heavy (non-hydrogen) atoms. The number of fused-ring (bicyclic) bond motifs is 1. The van der Waals surface area contributed by atoms with Gasteiger partial charge in [-0.2, -0.15) is 5.10 Å². The number of hydrogen-bond donors (Lipinski definition) is 2. The highest BCUT2D eigenvalue weighted by Crippen LogP contribution is 2.32. The summed E-state index contributed by atoms with van der Waals surface area (Å²) in [5, 5.41) is 12.0. The first kappa shape index (κ1) is 12.5. The lowest BCUT2D eigenvalue weighted by Crippen LogP contribution is -2.35. The molecule has 3 heteroatoms. The van der Waals surface area contributed by atoms with E-state index >= 15 is 0 Å².